The lowest BCUT2D eigenvalue weighted by Gasteiger charge is -2.44. The molecule has 1 aliphatic rings. The number of methoxy groups -OCH3 is 1. The number of nitro groups is 1. The minimum Gasteiger partial charge on any atom is -0.494 e. The van der Waals surface area contributed by atoms with Gasteiger partial charge in [0.2, 0.25) is 5.95 Å². The highest BCUT2D eigenvalue weighted by Gasteiger charge is 2.33. The van der Waals surface area contributed by atoms with Crippen LogP contribution in [0, 0.1) is 10.1 Å². The van der Waals surface area contributed by atoms with Gasteiger partial charge >= 0.3 is 0 Å². The molecule has 1 aliphatic heterocycles. The predicted molar refractivity (Wildman–Crippen MR) is 131 cm³/mol. The van der Waals surface area contributed by atoms with Crippen LogP contribution in [0.5, 0.6) is 5.75 Å². The van der Waals surface area contributed by atoms with Gasteiger partial charge in [0.15, 0.2) is 0 Å². The number of nitrogens with zero attached hydrogens (tertiary/aromatic N) is 6. The molecule has 0 radical (unpaired) electrons. The van der Waals surface area contributed by atoms with Gasteiger partial charge in [0.05, 0.1) is 23.2 Å². The molecule has 0 saturated carbocycles. The van der Waals surface area contributed by atoms with Gasteiger partial charge in [-0.2, -0.15) is 4.98 Å². The Hall–Kier alpha value is -4.18. The van der Waals surface area contributed by atoms with E-state index in [1.807, 2.05) is 66.2 Å². The monoisotopic (exact) mass is 459 g/mol. The van der Waals surface area contributed by atoms with E-state index in [0.717, 1.165) is 24.0 Å². The van der Waals surface area contributed by atoms with Gasteiger partial charge in [0.1, 0.15) is 17.3 Å². The largest absolute Gasteiger partial charge is 0.494 e. The van der Waals surface area contributed by atoms with E-state index in [0.29, 0.717) is 34.9 Å². The Morgan fingerprint density at radius 3 is 2.71 bits per heavy atom. The molecular formula is C24H25N7O3. The third kappa shape index (κ3) is 3.88. The number of ether oxygens (including phenoxy) is 1. The van der Waals surface area contributed by atoms with Crippen LogP contribution in [0.3, 0.4) is 0 Å². The molecule has 0 aliphatic carbocycles. The molecule has 2 aromatic carbocycles. The van der Waals surface area contributed by atoms with Crippen LogP contribution in [0.2, 0.25) is 0 Å². The van der Waals surface area contributed by atoms with E-state index in [-0.39, 0.29) is 10.6 Å². The first-order valence-corrected chi connectivity index (χ1v) is 10.9. The lowest BCUT2D eigenvalue weighted by molar-refractivity contribution is -0.384. The second-order valence-electron chi connectivity index (χ2n) is 8.43. The highest BCUT2D eigenvalue weighted by atomic mass is 16.6. The highest BCUT2D eigenvalue weighted by molar-refractivity contribution is 5.82. The molecular weight excluding hydrogens is 434 g/mol. The van der Waals surface area contributed by atoms with Crippen LogP contribution in [-0.4, -0.2) is 64.7 Å². The number of hydrogen-bond acceptors (Lipinski definition) is 8. The zero-order valence-corrected chi connectivity index (χ0v) is 19.2. The first-order chi connectivity index (χ1) is 16.4. The van der Waals surface area contributed by atoms with Crippen molar-refractivity contribution in [2.24, 2.45) is 0 Å². The zero-order chi connectivity index (χ0) is 23.8. The third-order valence-electron chi connectivity index (χ3n) is 6.16. The summed E-state index contributed by atoms with van der Waals surface area (Å²) in [5, 5.41) is 16.1. The topological polar surface area (TPSA) is 102 Å². The van der Waals surface area contributed by atoms with Crippen LogP contribution in [0.15, 0.2) is 60.9 Å². The molecule has 1 fully saturated rings. The summed E-state index contributed by atoms with van der Waals surface area (Å²) in [7, 11) is 5.56. The Kier molecular flexibility index (Phi) is 5.50. The molecule has 0 spiro atoms. The second kappa shape index (κ2) is 8.64. The quantitative estimate of drug-likeness (QED) is 0.329. The molecule has 2 aromatic heterocycles. The van der Waals surface area contributed by atoms with E-state index in [9.17, 15) is 10.1 Å². The van der Waals surface area contributed by atoms with Gasteiger partial charge in [0, 0.05) is 43.7 Å². The summed E-state index contributed by atoms with van der Waals surface area (Å²) in [6.07, 6.45) is 3.60. The number of nitrogens with one attached hydrogen (secondary N) is 1. The summed E-state index contributed by atoms with van der Waals surface area (Å²) < 4.78 is 7.53. The standard InChI is InChI=1S/C24H25N7O3/c1-28(2)17-14-29(15-17)20-13-22(34-3)18(12-21(20)31(32)33)26-24-25-10-8-23(27-24)30-11-9-16-6-4-5-7-19(16)30/h4-13,17H,14-15H2,1-3H3,(H,25,26,27). The van der Waals surface area contributed by atoms with E-state index in [1.165, 1.54) is 13.2 Å². The Balaban J connectivity index is 1.47. The minimum atomic E-state index is -0.369. The van der Waals surface area contributed by atoms with Crippen LogP contribution < -0.4 is 15.0 Å². The summed E-state index contributed by atoms with van der Waals surface area (Å²) in [5.41, 5.74) is 2.00. The summed E-state index contributed by atoms with van der Waals surface area (Å²) in [5.74, 6) is 1.47. The van der Waals surface area contributed by atoms with Crippen molar-refractivity contribution in [1.82, 2.24) is 19.4 Å². The number of fused-ring (bicyclic) bond motifs is 1. The molecule has 0 bridgehead atoms. The summed E-state index contributed by atoms with van der Waals surface area (Å²) in [4.78, 5) is 24.6. The summed E-state index contributed by atoms with van der Waals surface area (Å²) in [6, 6.07) is 15.4. The van der Waals surface area contributed by atoms with Gasteiger partial charge in [0.25, 0.3) is 5.69 Å². The molecule has 34 heavy (non-hydrogen) atoms. The average Bonchev–Trinajstić information content (AvgIpc) is 3.22. The van der Waals surface area contributed by atoms with E-state index in [4.69, 9.17) is 4.74 Å². The molecule has 0 unspecified atom stereocenters. The fourth-order valence-corrected chi connectivity index (χ4v) is 4.15. The van der Waals surface area contributed by atoms with Gasteiger partial charge < -0.3 is 24.4 Å². The van der Waals surface area contributed by atoms with Crippen molar-refractivity contribution in [3.05, 3.63) is 71.0 Å². The van der Waals surface area contributed by atoms with Crippen LogP contribution in [0.1, 0.15) is 0 Å². The molecule has 0 atom stereocenters. The van der Waals surface area contributed by atoms with Crippen LogP contribution in [0.4, 0.5) is 23.0 Å². The molecule has 0 amide bonds. The van der Waals surface area contributed by atoms with Crippen molar-refractivity contribution in [3.8, 4) is 11.6 Å². The Morgan fingerprint density at radius 2 is 1.97 bits per heavy atom. The molecule has 5 rings (SSSR count). The second-order valence-corrected chi connectivity index (χ2v) is 8.43. The molecule has 174 valence electrons. The minimum absolute atomic E-state index is 0.00747. The first-order valence-electron chi connectivity index (χ1n) is 10.9. The number of anilines is 3. The van der Waals surface area contributed by atoms with Crippen LogP contribution in [-0.2, 0) is 0 Å². The van der Waals surface area contributed by atoms with Crippen molar-refractivity contribution < 1.29 is 9.66 Å². The Labute approximate surface area is 196 Å². The predicted octanol–water partition coefficient (Wildman–Crippen LogP) is 3.83. The van der Waals surface area contributed by atoms with E-state index in [1.54, 1.807) is 12.3 Å². The Bertz CT molecular complexity index is 1360. The number of nitro benzene ring substituents is 1. The van der Waals surface area contributed by atoms with Gasteiger partial charge in [-0.05, 0) is 37.7 Å². The van der Waals surface area contributed by atoms with Gasteiger partial charge in [-0.1, -0.05) is 18.2 Å². The summed E-state index contributed by atoms with van der Waals surface area (Å²) in [6.45, 7) is 1.44. The number of rotatable bonds is 7. The van der Waals surface area contributed by atoms with E-state index < -0.39 is 0 Å². The first kappa shape index (κ1) is 21.7. The molecule has 1 saturated heterocycles. The maximum Gasteiger partial charge on any atom is 0.294 e. The SMILES string of the molecule is COc1cc(N2CC(N(C)C)C2)c([N+](=O)[O-])cc1Nc1nccc(-n2ccc3ccccc32)n1. The van der Waals surface area contributed by atoms with Gasteiger partial charge in [-0.3, -0.25) is 10.1 Å². The molecule has 10 nitrogen and oxygen atoms in total. The molecule has 1 N–H and O–H groups in total. The maximum absolute atomic E-state index is 11.9. The van der Waals surface area contributed by atoms with Crippen LogP contribution in [0.25, 0.3) is 16.7 Å². The molecule has 3 heterocycles. The molecule has 10 heteroatoms. The van der Waals surface area contributed by atoms with Crippen molar-refractivity contribution in [2.45, 2.75) is 6.04 Å². The number of hydrogen-bond donors (Lipinski definition) is 1. The molecule has 4 aromatic rings. The van der Waals surface area contributed by atoms with E-state index in [2.05, 4.69) is 20.2 Å². The maximum atomic E-state index is 11.9. The lowest BCUT2D eigenvalue weighted by Crippen LogP contribution is -2.57. The van der Waals surface area contributed by atoms with Gasteiger partial charge in [-0.25, -0.2) is 4.98 Å². The number of aromatic nitrogens is 3. The van der Waals surface area contributed by atoms with Crippen molar-refractivity contribution >= 4 is 33.9 Å². The highest BCUT2D eigenvalue weighted by Crippen LogP contribution is 2.41. The van der Waals surface area contributed by atoms with Crippen molar-refractivity contribution in [1.29, 1.82) is 0 Å². The fraction of sp³-hybridized carbons (Fsp3) is 0.250. The summed E-state index contributed by atoms with van der Waals surface area (Å²) >= 11 is 0. The van der Waals surface area contributed by atoms with Crippen LogP contribution >= 0.6 is 0 Å². The van der Waals surface area contributed by atoms with Crippen molar-refractivity contribution in [3.63, 3.8) is 0 Å². The Morgan fingerprint density at radius 1 is 1.18 bits per heavy atom. The zero-order valence-electron chi connectivity index (χ0n) is 19.2. The van der Waals surface area contributed by atoms with Crippen molar-refractivity contribution in [2.75, 3.05) is 44.5 Å². The number of para-hydroxylation sites is 1. The van der Waals surface area contributed by atoms with Gasteiger partial charge in [-0.15, -0.1) is 0 Å². The smallest absolute Gasteiger partial charge is 0.294 e. The lowest BCUT2D eigenvalue weighted by atomic mass is 10.1. The third-order valence-corrected chi connectivity index (χ3v) is 6.16. The normalized spacial score (nSPS) is 13.8. The average molecular weight is 460 g/mol. The number of likely N-dealkylation sites (N-methyl/N-ethyl adjacent to an activating group) is 1. The fourth-order valence-electron chi connectivity index (χ4n) is 4.15. The van der Waals surface area contributed by atoms with E-state index >= 15 is 0 Å². The number of benzene rings is 2.